The molecule has 1 aromatic carbocycles. The summed E-state index contributed by atoms with van der Waals surface area (Å²) >= 11 is 0. The molecule has 0 fully saturated rings. The molecule has 0 radical (unpaired) electrons. The Bertz CT molecular complexity index is 687. The molecule has 0 saturated heterocycles. The second-order valence-electron chi connectivity index (χ2n) is 3.54. The number of sulfonamides is 1. The molecule has 0 heterocycles. The molecule has 0 unspecified atom stereocenters. The summed E-state index contributed by atoms with van der Waals surface area (Å²) in [7, 11) is -2.44. The Kier molecular flexibility index (Phi) is 4.98. The molecule has 0 spiro atoms. The highest BCUT2D eigenvalue weighted by atomic mass is 35.7. The molecule has 0 aliphatic heterocycles. The van der Waals surface area contributed by atoms with Gasteiger partial charge in [-0.15, -0.1) is 6.42 Å². The predicted molar refractivity (Wildman–Crippen MR) is 72.7 cm³/mol. The second-order valence-corrected chi connectivity index (χ2v) is 8.05. The number of benzene rings is 1. The highest BCUT2D eigenvalue weighted by Gasteiger charge is 2.22. The van der Waals surface area contributed by atoms with E-state index in [1.165, 1.54) is 12.1 Å². The molecule has 104 valence electrons. The number of hydrogen-bond acceptors (Lipinski definition) is 4. The molecule has 0 bridgehead atoms. The lowest BCUT2D eigenvalue weighted by Crippen LogP contribution is -2.31. The number of nitrogens with zero attached hydrogens (tertiary/aromatic N) is 1. The number of rotatable bonds is 5. The van der Waals surface area contributed by atoms with Crippen LogP contribution in [0.2, 0.25) is 0 Å². The van der Waals surface area contributed by atoms with Crippen LogP contribution in [0.4, 0.5) is 0 Å². The molecule has 5 nitrogen and oxygen atoms in total. The van der Waals surface area contributed by atoms with E-state index in [0.717, 1.165) is 16.4 Å². The third-order valence-corrected chi connectivity index (χ3v) is 5.67. The van der Waals surface area contributed by atoms with Crippen LogP contribution in [0, 0.1) is 12.3 Å². The Morgan fingerprint density at radius 3 is 2.00 bits per heavy atom. The lowest BCUT2D eigenvalue weighted by atomic mass is 10.4. The molecule has 0 N–H and O–H groups in total. The fourth-order valence-electron chi connectivity index (χ4n) is 1.39. The Morgan fingerprint density at radius 1 is 1.16 bits per heavy atom. The van der Waals surface area contributed by atoms with Gasteiger partial charge in [-0.1, -0.05) is 12.8 Å². The summed E-state index contributed by atoms with van der Waals surface area (Å²) in [6.45, 7) is 1.84. The van der Waals surface area contributed by atoms with Gasteiger partial charge >= 0.3 is 0 Å². The highest BCUT2D eigenvalue weighted by Crippen LogP contribution is 2.20. The summed E-state index contributed by atoms with van der Waals surface area (Å²) in [6, 6.07) is 4.64. The predicted octanol–water partition coefficient (Wildman–Crippen LogP) is 1.26. The Morgan fingerprint density at radius 2 is 1.63 bits per heavy atom. The van der Waals surface area contributed by atoms with Gasteiger partial charge in [0.25, 0.3) is 9.05 Å². The van der Waals surface area contributed by atoms with E-state index in [2.05, 4.69) is 5.92 Å². The minimum atomic E-state index is -3.87. The second kappa shape index (κ2) is 5.92. The van der Waals surface area contributed by atoms with Crippen molar-refractivity contribution in [1.29, 1.82) is 0 Å². The number of hydrogen-bond donors (Lipinski definition) is 0. The van der Waals surface area contributed by atoms with Gasteiger partial charge in [-0.3, -0.25) is 0 Å². The van der Waals surface area contributed by atoms with Crippen LogP contribution in [0.25, 0.3) is 0 Å². The lowest BCUT2D eigenvalue weighted by molar-refractivity contribution is 0.464. The van der Waals surface area contributed by atoms with Crippen molar-refractivity contribution in [3.05, 3.63) is 24.3 Å². The van der Waals surface area contributed by atoms with E-state index in [-0.39, 0.29) is 22.9 Å². The van der Waals surface area contributed by atoms with E-state index in [1.807, 2.05) is 0 Å². The molecule has 0 amide bonds. The summed E-state index contributed by atoms with van der Waals surface area (Å²) in [4.78, 5) is -0.193. The van der Waals surface area contributed by atoms with Crippen LogP contribution in [-0.4, -0.2) is 34.2 Å². The molecular weight excluding hydrogens is 310 g/mol. The van der Waals surface area contributed by atoms with Gasteiger partial charge in [-0.2, -0.15) is 4.31 Å². The molecule has 1 rings (SSSR count). The number of halogens is 1. The van der Waals surface area contributed by atoms with Crippen LogP contribution < -0.4 is 0 Å². The molecule has 0 aromatic heterocycles. The van der Waals surface area contributed by atoms with Crippen LogP contribution in [0.15, 0.2) is 34.1 Å². The SMILES string of the molecule is C#CCN(CC)S(=O)(=O)c1ccc(S(=O)(=O)Cl)cc1. The van der Waals surface area contributed by atoms with Gasteiger partial charge in [0.2, 0.25) is 10.0 Å². The Hall–Kier alpha value is -1.07. The first kappa shape index (κ1) is 16.0. The van der Waals surface area contributed by atoms with Crippen molar-refractivity contribution >= 4 is 29.8 Å². The van der Waals surface area contributed by atoms with Crippen LogP contribution >= 0.6 is 10.7 Å². The van der Waals surface area contributed by atoms with E-state index in [4.69, 9.17) is 17.1 Å². The zero-order chi connectivity index (χ0) is 14.7. The summed E-state index contributed by atoms with van der Waals surface area (Å²) in [5.74, 6) is 2.26. The highest BCUT2D eigenvalue weighted by molar-refractivity contribution is 8.13. The molecule has 0 aliphatic carbocycles. The first-order valence-corrected chi connectivity index (χ1v) is 8.96. The standard InChI is InChI=1S/C11H12ClNO4S2/c1-3-9-13(4-2)19(16,17)11-7-5-10(6-8-11)18(12,14)15/h1,5-8H,4,9H2,2H3. The normalized spacial score (nSPS) is 12.3. The fourth-order valence-corrected chi connectivity index (χ4v) is 3.52. The summed E-state index contributed by atoms with van der Waals surface area (Å²) in [5.41, 5.74) is 0. The summed E-state index contributed by atoms with van der Waals surface area (Å²) < 4.78 is 47.6. The van der Waals surface area contributed by atoms with Crippen molar-refractivity contribution < 1.29 is 16.8 Å². The van der Waals surface area contributed by atoms with Gasteiger partial charge in [0.05, 0.1) is 16.3 Å². The first-order valence-electron chi connectivity index (χ1n) is 5.21. The maximum absolute atomic E-state index is 12.2. The average molecular weight is 322 g/mol. The molecule has 0 aliphatic rings. The van der Waals surface area contributed by atoms with E-state index < -0.39 is 19.1 Å². The third-order valence-electron chi connectivity index (χ3n) is 2.36. The van der Waals surface area contributed by atoms with Gasteiger partial charge in [0.1, 0.15) is 0 Å². The van der Waals surface area contributed by atoms with Crippen molar-refractivity contribution in [1.82, 2.24) is 4.31 Å². The van der Waals surface area contributed by atoms with Crippen molar-refractivity contribution in [2.24, 2.45) is 0 Å². The molecule has 0 saturated carbocycles. The van der Waals surface area contributed by atoms with Crippen LogP contribution in [0.1, 0.15) is 6.92 Å². The maximum Gasteiger partial charge on any atom is 0.261 e. The minimum Gasteiger partial charge on any atom is -0.207 e. The lowest BCUT2D eigenvalue weighted by Gasteiger charge is -2.17. The summed E-state index contributed by atoms with van der Waals surface area (Å²) in [6.07, 6.45) is 5.11. The monoisotopic (exact) mass is 321 g/mol. The first-order chi connectivity index (χ1) is 8.73. The van der Waals surface area contributed by atoms with Gasteiger partial charge in [0.15, 0.2) is 0 Å². The molecular formula is C11H12ClNO4S2. The van der Waals surface area contributed by atoms with Crippen molar-refractivity contribution in [3.63, 3.8) is 0 Å². The van der Waals surface area contributed by atoms with Crippen LogP contribution in [-0.2, 0) is 19.1 Å². The zero-order valence-electron chi connectivity index (χ0n) is 10.1. The topological polar surface area (TPSA) is 71.5 Å². The van der Waals surface area contributed by atoms with E-state index in [9.17, 15) is 16.8 Å². The largest absolute Gasteiger partial charge is 0.261 e. The van der Waals surface area contributed by atoms with E-state index in [1.54, 1.807) is 6.92 Å². The Balaban J connectivity index is 3.21. The molecule has 19 heavy (non-hydrogen) atoms. The maximum atomic E-state index is 12.2. The van der Waals surface area contributed by atoms with Crippen molar-refractivity contribution in [2.45, 2.75) is 16.7 Å². The molecule has 1 aromatic rings. The van der Waals surface area contributed by atoms with Gasteiger partial charge in [-0.25, -0.2) is 16.8 Å². The Labute approximate surface area is 117 Å². The van der Waals surface area contributed by atoms with Crippen molar-refractivity contribution in [3.8, 4) is 12.3 Å². The van der Waals surface area contributed by atoms with E-state index >= 15 is 0 Å². The quantitative estimate of drug-likeness (QED) is 0.604. The van der Waals surface area contributed by atoms with Gasteiger partial charge in [0, 0.05) is 17.2 Å². The fraction of sp³-hybridized carbons (Fsp3) is 0.273. The van der Waals surface area contributed by atoms with Crippen molar-refractivity contribution in [2.75, 3.05) is 13.1 Å². The average Bonchev–Trinajstić information content (AvgIpc) is 2.34. The summed E-state index contributed by atoms with van der Waals surface area (Å²) in [5, 5.41) is 0. The third kappa shape index (κ3) is 3.70. The minimum absolute atomic E-state index is 0.0336. The smallest absolute Gasteiger partial charge is 0.207 e. The number of terminal acetylenes is 1. The van der Waals surface area contributed by atoms with Gasteiger partial charge < -0.3 is 0 Å². The van der Waals surface area contributed by atoms with Crippen LogP contribution in [0.5, 0.6) is 0 Å². The van der Waals surface area contributed by atoms with Crippen LogP contribution in [0.3, 0.4) is 0 Å². The zero-order valence-corrected chi connectivity index (χ0v) is 12.5. The molecule has 8 heteroatoms. The molecule has 0 atom stereocenters. The van der Waals surface area contributed by atoms with Gasteiger partial charge in [-0.05, 0) is 24.3 Å². The van der Waals surface area contributed by atoms with E-state index in [0.29, 0.717) is 0 Å².